The molecule has 1 saturated heterocycles. The van der Waals surface area contributed by atoms with Crippen LogP contribution in [0, 0.1) is 0 Å². The van der Waals surface area contributed by atoms with Gasteiger partial charge in [0.1, 0.15) is 12.2 Å². The predicted molar refractivity (Wildman–Crippen MR) is 98.9 cm³/mol. The molecule has 3 rings (SSSR count). The van der Waals surface area contributed by atoms with Crippen molar-refractivity contribution in [1.29, 1.82) is 0 Å². The highest BCUT2D eigenvalue weighted by Gasteiger charge is 2.25. The molecule has 146 valence electrons. The van der Waals surface area contributed by atoms with Crippen molar-refractivity contribution in [3.63, 3.8) is 0 Å². The van der Waals surface area contributed by atoms with E-state index in [2.05, 4.69) is 20.0 Å². The minimum absolute atomic E-state index is 0.0185. The SMILES string of the molecule is COC(=O)Cn1c(=O)ccc2cnc(NC3CCN(S(C)(=O)=O)CC3)nc21. The Morgan fingerprint density at radius 2 is 2.04 bits per heavy atom. The molecule has 0 unspecified atom stereocenters. The third kappa shape index (κ3) is 4.42. The normalized spacial score (nSPS) is 16.4. The van der Waals surface area contributed by atoms with Crippen molar-refractivity contribution in [2.24, 2.45) is 0 Å². The van der Waals surface area contributed by atoms with Crippen molar-refractivity contribution in [1.82, 2.24) is 18.8 Å². The predicted octanol–water partition coefficient (Wildman–Crippen LogP) is -0.200. The van der Waals surface area contributed by atoms with E-state index in [1.165, 1.54) is 28.3 Å². The first-order valence-corrected chi connectivity index (χ1v) is 10.3. The van der Waals surface area contributed by atoms with Gasteiger partial charge in [-0.1, -0.05) is 0 Å². The largest absolute Gasteiger partial charge is 0.468 e. The van der Waals surface area contributed by atoms with Crippen LogP contribution >= 0.6 is 0 Å². The van der Waals surface area contributed by atoms with Crippen LogP contribution in [0.4, 0.5) is 5.95 Å². The average Bonchev–Trinajstić information content (AvgIpc) is 2.63. The number of ether oxygens (including phenoxy) is 1. The molecule has 0 aliphatic carbocycles. The van der Waals surface area contributed by atoms with Gasteiger partial charge in [-0.25, -0.2) is 17.7 Å². The standard InChI is InChI=1S/C16H21N5O5S/c1-26-14(23)10-21-13(22)4-3-11-9-17-16(19-15(11)21)18-12-5-7-20(8-6-12)27(2,24)25/h3-4,9,12H,5-8,10H2,1-2H3,(H,17,18,19). The van der Waals surface area contributed by atoms with Gasteiger partial charge in [0.05, 0.1) is 13.4 Å². The Balaban J connectivity index is 1.81. The van der Waals surface area contributed by atoms with E-state index in [1.807, 2.05) is 0 Å². The number of sulfonamides is 1. The number of nitrogens with zero attached hydrogens (tertiary/aromatic N) is 4. The lowest BCUT2D eigenvalue weighted by Gasteiger charge is -2.30. The molecule has 0 atom stereocenters. The summed E-state index contributed by atoms with van der Waals surface area (Å²) in [6, 6.07) is 2.97. The molecule has 0 saturated carbocycles. The van der Waals surface area contributed by atoms with Crippen molar-refractivity contribution >= 4 is 33.0 Å². The molecule has 1 aliphatic heterocycles. The number of methoxy groups -OCH3 is 1. The van der Waals surface area contributed by atoms with Crippen molar-refractivity contribution in [2.75, 3.05) is 31.8 Å². The van der Waals surface area contributed by atoms with Crippen LogP contribution in [0.1, 0.15) is 12.8 Å². The maximum Gasteiger partial charge on any atom is 0.325 e. The van der Waals surface area contributed by atoms with E-state index in [0.29, 0.717) is 42.9 Å². The Labute approximate surface area is 156 Å². The van der Waals surface area contributed by atoms with E-state index in [9.17, 15) is 18.0 Å². The Kier molecular flexibility index (Phi) is 5.42. The molecule has 1 aliphatic rings. The average molecular weight is 395 g/mol. The number of hydrogen-bond donors (Lipinski definition) is 1. The van der Waals surface area contributed by atoms with Crippen LogP contribution in [0.2, 0.25) is 0 Å². The fourth-order valence-corrected chi connectivity index (χ4v) is 3.88. The minimum atomic E-state index is -3.18. The maximum atomic E-state index is 12.1. The molecule has 10 nitrogen and oxygen atoms in total. The Hall–Kier alpha value is -2.53. The number of nitrogens with one attached hydrogen (secondary N) is 1. The summed E-state index contributed by atoms with van der Waals surface area (Å²) < 4.78 is 30.5. The zero-order valence-electron chi connectivity index (χ0n) is 15.1. The fourth-order valence-electron chi connectivity index (χ4n) is 3.00. The summed E-state index contributed by atoms with van der Waals surface area (Å²) >= 11 is 0. The van der Waals surface area contributed by atoms with E-state index in [-0.39, 0.29) is 18.1 Å². The van der Waals surface area contributed by atoms with Crippen LogP contribution in [-0.2, 0) is 26.1 Å². The number of hydrogen-bond acceptors (Lipinski definition) is 8. The van der Waals surface area contributed by atoms with Crippen LogP contribution in [0.15, 0.2) is 23.1 Å². The molecule has 2 aromatic heterocycles. The fraction of sp³-hybridized carbons (Fsp3) is 0.500. The quantitative estimate of drug-likeness (QED) is 0.691. The highest BCUT2D eigenvalue weighted by Crippen LogP contribution is 2.17. The summed E-state index contributed by atoms with van der Waals surface area (Å²) in [5.74, 6) is -0.226. The summed E-state index contributed by atoms with van der Waals surface area (Å²) in [5, 5.41) is 3.80. The first kappa shape index (κ1) is 19.2. The van der Waals surface area contributed by atoms with Crippen LogP contribution in [0.3, 0.4) is 0 Å². The maximum absolute atomic E-state index is 12.1. The van der Waals surface area contributed by atoms with Crippen LogP contribution in [0.25, 0.3) is 11.0 Å². The molecule has 11 heteroatoms. The van der Waals surface area contributed by atoms with Gasteiger partial charge in [-0.3, -0.25) is 14.2 Å². The molecular formula is C16H21N5O5S. The molecule has 27 heavy (non-hydrogen) atoms. The Bertz CT molecular complexity index is 1010. The molecule has 3 heterocycles. The van der Waals surface area contributed by atoms with Crippen molar-refractivity contribution < 1.29 is 17.9 Å². The molecule has 2 aromatic rings. The first-order valence-electron chi connectivity index (χ1n) is 8.43. The number of esters is 1. The molecule has 0 bridgehead atoms. The van der Waals surface area contributed by atoms with E-state index in [1.54, 1.807) is 12.3 Å². The molecule has 0 amide bonds. The number of pyridine rings is 1. The minimum Gasteiger partial charge on any atom is -0.468 e. The second-order valence-corrected chi connectivity index (χ2v) is 8.37. The Morgan fingerprint density at radius 1 is 1.33 bits per heavy atom. The van der Waals surface area contributed by atoms with Gasteiger partial charge in [0, 0.05) is 36.8 Å². The lowest BCUT2D eigenvalue weighted by Crippen LogP contribution is -2.42. The van der Waals surface area contributed by atoms with Crippen LogP contribution in [-0.4, -0.2) is 65.7 Å². The van der Waals surface area contributed by atoms with Gasteiger partial charge in [-0.05, 0) is 18.9 Å². The number of carbonyl (C=O) groups excluding carboxylic acids is 1. The number of anilines is 1. The molecular weight excluding hydrogens is 374 g/mol. The van der Waals surface area contributed by atoms with E-state index >= 15 is 0 Å². The van der Waals surface area contributed by atoms with Crippen LogP contribution < -0.4 is 10.9 Å². The van der Waals surface area contributed by atoms with Gasteiger partial charge in [0.15, 0.2) is 0 Å². The van der Waals surface area contributed by atoms with Crippen molar-refractivity contribution in [2.45, 2.75) is 25.4 Å². The topological polar surface area (TPSA) is 123 Å². The molecule has 1 fully saturated rings. The van der Waals surface area contributed by atoms with Gasteiger partial charge in [0.25, 0.3) is 5.56 Å². The summed E-state index contributed by atoms with van der Waals surface area (Å²) in [6.45, 7) is 0.615. The first-order chi connectivity index (χ1) is 12.8. The zero-order valence-corrected chi connectivity index (χ0v) is 15.9. The lowest BCUT2D eigenvalue weighted by molar-refractivity contribution is -0.141. The van der Waals surface area contributed by atoms with Crippen molar-refractivity contribution in [3.8, 4) is 0 Å². The third-order valence-corrected chi connectivity index (χ3v) is 5.80. The van der Waals surface area contributed by atoms with Gasteiger partial charge in [-0.15, -0.1) is 0 Å². The van der Waals surface area contributed by atoms with E-state index in [0.717, 1.165) is 0 Å². The van der Waals surface area contributed by atoms with E-state index < -0.39 is 16.0 Å². The number of fused-ring (bicyclic) bond motifs is 1. The van der Waals surface area contributed by atoms with E-state index in [4.69, 9.17) is 0 Å². The lowest BCUT2D eigenvalue weighted by atomic mass is 10.1. The molecule has 0 spiro atoms. The number of piperidine rings is 1. The molecule has 1 N–H and O–H groups in total. The number of carbonyl (C=O) groups is 1. The van der Waals surface area contributed by atoms with Gasteiger partial charge < -0.3 is 10.1 Å². The van der Waals surface area contributed by atoms with Gasteiger partial charge in [0.2, 0.25) is 16.0 Å². The van der Waals surface area contributed by atoms with Gasteiger partial charge >= 0.3 is 5.97 Å². The van der Waals surface area contributed by atoms with Crippen molar-refractivity contribution in [3.05, 3.63) is 28.7 Å². The monoisotopic (exact) mass is 395 g/mol. The highest BCUT2D eigenvalue weighted by molar-refractivity contribution is 7.88. The molecule has 0 aromatic carbocycles. The zero-order chi connectivity index (χ0) is 19.6. The third-order valence-electron chi connectivity index (χ3n) is 4.49. The summed E-state index contributed by atoms with van der Waals surface area (Å²) in [5.41, 5.74) is -0.0296. The van der Waals surface area contributed by atoms with Gasteiger partial charge in [-0.2, -0.15) is 4.98 Å². The Morgan fingerprint density at radius 3 is 2.67 bits per heavy atom. The van der Waals surface area contributed by atoms with Crippen LogP contribution in [0.5, 0.6) is 0 Å². The summed E-state index contributed by atoms with van der Waals surface area (Å²) in [4.78, 5) is 32.4. The second kappa shape index (κ2) is 7.61. The number of aromatic nitrogens is 3. The highest BCUT2D eigenvalue weighted by atomic mass is 32.2. The summed E-state index contributed by atoms with van der Waals surface area (Å²) in [7, 11) is -1.93. The number of rotatable bonds is 5. The molecule has 0 radical (unpaired) electrons. The summed E-state index contributed by atoms with van der Waals surface area (Å²) in [6.07, 6.45) is 4.02. The smallest absolute Gasteiger partial charge is 0.325 e. The second-order valence-electron chi connectivity index (χ2n) is 6.39.